The van der Waals surface area contributed by atoms with E-state index in [4.69, 9.17) is 0 Å². The third kappa shape index (κ3) is 4.28. The van der Waals surface area contributed by atoms with Gasteiger partial charge in [0.2, 0.25) is 5.91 Å². The predicted octanol–water partition coefficient (Wildman–Crippen LogP) is 2.42. The number of nitrogens with one attached hydrogen (secondary N) is 3. The number of halogens is 3. The smallest absolute Gasteiger partial charge is 0.267 e. The molecule has 0 radical (unpaired) electrons. The van der Waals surface area contributed by atoms with E-state index in [1.165, 1.54) is 0 Å². The minimum atomic E-state index is -3.55. The van der Waals surface area contributed by atoms with Crippen molar-refractivity contribution in [3.8, 4) is 0 Å². The fourth-order valence-corrected chi connectivity index (χ4v) is 4.96. The van der Waals surface area contributed by atoms with Crippen LogP contribution in [0, 0.1) is 22.9 Å². The Labute approximate surface area is 177 Å². The molecule has 7 nitrogen and oxygen atoms in total. The highest BCUT2D eigenvalue weighted by Gasteiger charge is 2.52. The Morgan fingerprint density at radius 3 is 2.26 bits per heavy atom. The van der Waals surface area contributed by atoms with E-state index in [-0.39, 0.29) is 42.5 Å². The van der Waals surface area contributed by atoms with Crippen molar-refractivity contribution in [2.75, 3.05) is 19.3 Å². The Kier molecular flexibility index (Phi) is 5.85. The molecule has 2 aromatic rings. The van der Waals surface area contributed by atoms with E-state index >= 15 is 0 Å². The maximum atomic E-state index is 13.9. The zero-order chi connectivity index (χ0) is 23.2. The van der Waals surface area contributed by atoms with Crippen molar-refractivity contribution in [3.63, 3.8) is 0 Å². The third-order valence-electron chi connectivity index (χ3n) is 5.74. The number of carbonyl (C=O) groups is 2. The number of hydrogen-bond acceptors (Lipinski definition) is 4. The maximum Gasteiger partial charge on any atom is 0.267 e. The molecule has 11 heteroatoms. The van der Waals surface area contributed by atoms with Crippen LogP contribution < -0.4 is 10.6 Å². The molecule has 1 fully saturated rings. The molecule has 0 saturated heterocycles. The van der Waals surface area contributed by atoms with Gasteiger partial charge in [-0.15, -0.1) is 0 Å². The van der Waals surface area contributed by atoms with Gasteiger partial charge in [0.05, 0.1) is 5.52 Å². The first-order chi connectivity index (χ1) is 14.3. The molecule has 1 aliphatic rings. The largest absolute Gasteiger partial charge is 0.354 e. The summed E-state index contributed by atoms with van der Waals surface area (Å²) in [6, 6.07) is 1.85. The van der Waals surface area contributed by atoms with Crippen LogP contribution in [0.25, 0.3) is 10.9 Å². The lowest BCUT2D eigenvalue weighted by molar-refractivity contribution is -0.126. The summed E-state index contributed by atoms with van der Waals surface area (Å²) in [6.45, 7) is 3.73. The second-order valence-corrected chi connectivity index (χ2v) is 11.1. The molecule has 3 rings (SSSR count). The molecule has 2 amide bonds. The lowest BCUT2D eigenvalue weighted by Crippen LogP contribution is -2.58. The second kappa shape index (κ2) is 7.85. The minimum Gasteiger partial charge on any atom is -0.354 e. The van der Waals surface area contributed by atoms with E-state index in [0.29, 0.717) is 6.42 Å². The van der Waals surface area contributed by atoms with Gasteiger partial charge < -0.3 is 15.6 Å². The molecule has 1 aromatic carbocycles. The molecule has 1 heterocycles. The summed E-state index contributed by atoms with van der Waals surface area (Å²) in [5.41, 5.74) is -0.771. The number of carbonyl (C=O) groups excluding carboxylic acids is 2. The zero-order valence-electron chi connectivity index (χ0n) is 17.4. The number of H-pyrrole nitrogens is 1. The van der Waals surface area contributed by atoms with E-state index in [9.17, 15) is 31.2 Å². The first-order valence-corrected chi connectivity index (χ1v) is 11.6. The number of sulfone groups is 1. The summed E-state index contributed by atoms with van der Waals surface area (Å²) in [5, 5.41) is 5.04. The van der Waals surface area contributed by atoms with Crippen molar-refractivity contribution >= 4 is 32.6 Å². The number of rotatable bonds is 7. The zero-order valence-corrected chi connectivity index (χ0v) is 18.2. The normalized spacial score (nSPS) is 16.1. The number of hydrogen-bond donors (Lipinski definition) is 3. The van der Waals surface area contributed by atoms with E-state index < -0.39 is 49.3 Å². The monoisotopic (exact) mass is 459 g/mol. The highest BCUT2D eigenvalue weighted by atomic mass is 32.2. The summed E-state index contributed by atoms with van der Waals surface area (Å²) in [6.07, 6.45) is 2.29. The van der Waals surface area contributed by atoms with Gasteiger partial charge in [-0.25, -0.2) is 21.6 Å². The molecule has 0 aliphatic heterocycles. The lowest BCUT2D eigenvalue weighted by Gasteiger charge is -2.39. The number of aromatic amines is 1. The van der Waals surface area contributed by atoms with Crippen molar-refractivity contribution in [2.24, 2.45) is 5.41 Å². The van der Waals surface area contributed by atoms with Crippen LogP contribution in [-0.4, -0.2) is 49.3 Å². The summed E-state index contributed by atoms with van der Waals surface area (Å²) in [4.78, 5) is 27.5. The van der Waals surface area contributed by atoms with Crippen LogP contribution in [0.5, 0.6) is 0 Å². The molecule has 1 aromatic heterocycles. The average molecular weight is 459 g/mol. The number of amides is 2. The van der Waals surface area contributed by atoms with Crippen molar-refractivity contribution in [3.05, 3.63) is 35.3 Å². The van der Waals surface area contributed by atoms with Crippen LogP contribution in [0.1, 0.15) is 43.6 Å². The van der Waals surface area contributed by atoms with Crippen LogP contribution in [0.4, 0.5) is 13.2 Å². The predicted molar refractivity (Wildman–Crippen MR) is 109 cm³/mol. The van der Waals surface area contributed by atoms with Crippen LogP contribution in [0.2, 0.25) is 0 Å². The first kappa shape index (κ1) is 23.1. The molecule has 0 bridgehead atoms. The quantitative estimate of drug-likeness (QED) is 0.553. The number of aromatic nitrogens is 1. The molecule has 0 unspecified atom stereocenters. The summed E-state index contributed by atoms with van der Waals surface area (Å²) < 4.78 is 63.2. The second-order valence-electron chi connectivity index (χ2n) is 8.78. The van der Waals surface area contributed by atoms with Gasteiger partial charge in [0.25, 0.3) is 5.91 Å². The van der Waals surface area contributed by atoms with E-state index in [2.05, 4.69) is 15.6 Å². The van der Waals surface area contributed by atoms with Crippen LogP contribution >= 0.6 is 0 Å². The van der Waals surface area contributed by atoms with Crippen molar-refractivity contribution < 1.29 is 31.2 Å². The van der Waals surface area contributed by atoms with Gasteiger partial charge >= 0.3 is 0 Å². The Hall–Kier alpha value is -2.56. The van der Waals surface area contributed by atoms with Gasteiger partial charge in [-0.05, 0) is 30.7 Å². The Bertz CT molecular complexity index is 1150. The molecule has 0 atom stereocenters. The Morgan fingerprint density at radius 1 is 1.10 bits per heavy atom. The fraction of sp³-hybridized carbons (Fsp3) is 0.500. The van der Waals surface area contributed by atoms with Gasteiger partial charge in [0, 0.05) is 30.8 Å². The minimum absolute atomic E-state index is 0.0559. The highest BCUT2D eigenvalue weighted by molar-refractivity contribution is 7.93. The van der Waals surface area contributed by atoms with Gasteiger partial charge in [0.1, 0.15) is 10.4 Å². The molecule has 170 valence electrons. The van der Waals surface area contributed by atoms with E-state index in [0.717, 1.165) is 18.4 Å². The summed E-state index contributed by atoms with van der Waals surface area (Å²) in [7, 11) is -3.55. The lowest BCUT2D eigenvalue weighted by atomic mass is 9.83. The van der Waals surface area contributed by atoms with Crippen molar-refractivity contribution in [1.29, 1.82) is 0 Å². The Balaban J connectivity index is 1.62. The number of benzene rings is 1. The van der Waals surface area contributed by atoms with Gasteiger partial charge in [-0.2, -0.15) is 0 Å². The number of fused-ring (bicyclic) bond motifs is 1. The highest BCUT2D eigenvalue weighted by Crippen LogP contribution is 2.39. The molecule has 1 saturated carbocycles. The molecule has 31 heavy (non-hydrogen) atoms. The topological polar surface area (TPSA) is 108 Å². The summed E-state index contributed by atoms with van der Waals surface area (Å²) >= 11 is 0. The van der Waals surface area contributed by atoms with Crippen LogP contribution in [0.3, 0.4) is 0 Å². The molecule has 3 N–H and O–H groups in total. The summed E-state index contributed by atoms with van der Waals surface area (Å²) in [5.74, 6) is -5.54. The SMILES string of the molecule is CC(C)(CNC(=O)c1cc2c(F)c(F)c(F)cc2[nH]1)CNC(=O)C1(S(C)(=O)=O)CCC1. The van der Waals surface area contributed by atoms with Gasteiger partial charge in [0.15, 0.2) is 27.3 Å². The molecule has 1 aliphatic carbocycles. The Morgan fingerprint density at radius 2 is 1.71 bits per heavy atom. The van der Waals surface area contributed by atoms with Crippen LogP contribution in [0.15, 0.2) is 12.1 Å². The first-order valence-electron chi connectivity index (χ1n) is 9.70. The maximum absolute atomic E-state index is 13.9. The van der Waals surface area contributed by atoms with Crippen molar-refractivity contribution in [2.45, 2.75) is 37.9 Å². The third-order valence-corrected chi connectivity index (χ3v) is 7.76. The van der Waals surface area contributed by atoms with Crippen molar-refractivity contribution in [1.82, 2.24) is 15.6 Å². The van der Waals surface area contributed by atoms with Gasteiger partial charge in [-0.3, -0.25) is 9.59 Å². The van der Waals surface area contributed by atoms with E-state index in [1.807, 2.05) is 0 Å². The average Bonchev–Trinajstić information content (AvgIpc) is 3.05. The van der Waals surface area contributed by atoms with Crippen LogP contribution in [-0.2, 0) is 14.6 Å². The molecular formula is C20H24F3N3O4S. The molecular weight excluding hydrogens is 435 g/mol. The van der Waals surface area contributed by atoms with Gasteiger partial charge in [-0.1, -0.05) is 13.8 Å². The fourth-order valence-electron chi connectivity index (χ4n) is 3.52. The molecule has 0 spiro atoms. The van der Waals surface area contributed by atoms with E-state index in [1.54, 1.807) is 13.8 Å². The standard InChI is InChI=1S/C20H24F3N3O4S/c1-19(2,10-25-18(28)20(5-4-6-20)31(3,29)30)9-24-17(27)14-7-11-13(26-14)8-12(21)16(23)15(11)22/h7-8,26H,4-6,9-10H2,1-3H3,(H,24,27)(H,25,28).